The quantitative estimate of drug-likeness (QED) is 0.717. The molecular formula is C20H35F2NO2. The lowest BCUT2D eigenvalue weighted by molar-refractivity contribution is -0.156. The number of rotatable bonds is 5. The zero-order valence-electron chi connectivity index (χ0n) is 16.3. The second kappa shape index (κ2) is 7.89. The highest BCUT2D eigenvalue weighted by molar-refractivity contribution is 5.77. The Morgan fingerprint density at radius 3 is 2.44 bits per heavy atom. The third-order valence-corrected chi connectivity index (χ3v) is 6.44. The maximum Gasteiger partial charge on any atom is 0.313 e. The van der Waals surface area contributed by atoms with Crippen LogP contribution in [0.2, 0.25) is 0 Å². The number of halogens is 2. The predicted molar refractivity (Wildman–Crippen MR) is 95.6 cm³/mol. The molecule has 0 unspecified atom stereocenters. The first-order chi connectivity index (χ1) is 11.6. The predicted octanol–water partition coefficient (Wildman–Crippen LogP) is 4.80. The van der Waals surface area contributed by atoms with Gasteiger partial charge in [0.25, 0.3) is 0 Å². The van der Waals surface area contributed by atoms with Crippen LogP contribution < -0.4 is 5.32 Å². The molecule has 1 heterocycles. The van der Waals surface area contributed by atoms with Gasteiger partial charge in [0, 0.05) is 19.4 Å². The maximum absolute atomic E-state index is 13.3. The molecule has 2 fully saturated rings. The van der Waals surface area contributed by atoms with Crippen molar-refractivity contribution < 1.29 is 18.3 Å². The monoisotopic (exact) mass is 359 g/mol. The van der Waals surface area contributed by atoms with Crippen LogP contribution in [0.25, 0.3) is 0 Å². The van der Waals surface area contributed by atoms with Gasteiger partial charge in [0.1, 0.15) is 0 Å². The Labute approximate surface area is 151 Å². The summed E-state index contributed by atoms with van der Waals surface area (Å²) in [6, 6.07) is 0. The highest BCUT2D eigenvalue weighted by atomic mass is 19.3. The summed E-state index contributed by atoms with van der Waals surface area (Å²) in [6.45, 7) is 8.24. The molecule has 2 rings (SSSR count). The molecule has 2 aliphatic rings. The van der Waals surface area contributed by atoms with Gasteiger partial charge in [0.15, 0.2) is 0 Å². The Kier molecular flexibility index (Phi) is 6.50. The van der Waals surface area contributed by atoms with Gasteiger partial charge in [-0.05, 0) is 49.5 Å². The van der Waals surface area contributed by atoms with E-state index in [2.05, 4.69) is 26.1 Å². The topological polar surface area (TPSA) is 38.3 Å². The van der Waals surface area contributed by atoms with E-state index in [0.717, 1.165) is 32.2 Å². The van der Waals surface area contributed by atoms with E-state index in [-0.39, 0.29) is 24.2 Å². The number of alkyl halides is 2. The van der Waals surface area contributed by atoms with Crippen LogP contribution in [0.3, 0.4) is 0 Å². The summed E-state index contributed by atoms with van der Waals surface area (Å²) < 4.78 is 31.7. The molecule has 0 aromatic carbocycles. The average Bonchev–Trinajstić information content (AvgIpc) is 2.55. The molecule has 2 atom stereocenters. The van der Waals surface area contributed by atoms with Gasteiger partial charge in [-0.2, -0.15) is 0 Å². The zero-order valence-corrected chi connectivity index (χ0v) is 16.3. The van der Waals surface area contributed by atoms with Crippen molar-refractivity contribution in [1.29, 1.82) is 0 Å². The molecule has 1 aliphatic heterocycles. The Morgan fingerprint density at radius 2 is 1.88 bits per heavy atom. The summed E-state index contributed by atoms with van der Waals surface area (Å²) >= 11 is 0. The van der Waals surface area contributed by atoms with Gasteiger partial charge in [-0.3, -0.25) is 4.79 Å². The number of ether oxygens (including phenoxy) is 1. The molecule has 0 amide bonds. The lowest BCUT2D eigenvalue weighted by Crippen LogP contribution is -2.52. The van der Waals surface area contributed by atoms with Crippen LogP contribution in [0.1, 0.15) is 72.1 Å². The van der Waals surface area contributed by atoms with Crippen molar-refractivity contribution >= 4 is 5.97 Å². The molecule has 1 N–H and O–H groups in total. The molecule has 1 saturated heterocycles. The van der Waals surface area contributed by atoms with E-state index in [9.17, 15) is 13.6 Å². The number of hydrogen-bond acceptors (Lipinski definition) is 3. The Morgan fingerprint density at radius 1 is 1.24 bits per heavy atom. The van der Waals surface area contributed by atoms with Gasteiger partial charge >= 0.3 is 5.97 Å². The molecule has 3 nitrogen and oxygen atoms in total. The second-order valence-corrected chi connectivity index (χ2v) is 9.36. The molecule has 0 bridgehead atoms. The Balaban J connectivity index is 1.93. The van der Waals surface area contributed by atoms with E-state index in [4.69, 9.17) is 4.74 Å². The van der Waals surface area contributed by atoms with E-state index in [1.807, 2.05) is 0 Å². The fourth-order valence-electron chi connectivity index (χ4n) is 4.50. The number of hydrogen-bond donors (Lipinski definition) is 1. The minimum Gasteiger partial charge on any atom is -0.469 e. The van der Waals surface area contributed by atoms with Crippen molar-refractivity contribution in [2.45, 2.75) is 78.1 Å². The molecule has 1 saturated carbocycles. The average molecular weight is 360 g/mol. The molecule has 1 aliphatic carbocycles. The van der Waals surface area contributed by atoms with Crippen LogP contribution in [0.4, 0.5) is 8.78 Å². The molecule has 0 spiro atoms. The van der Waals surface area contributed by atoms with Crippen molar-refractivity contribution in [2.75, 3.05) is 20.2 Å². The summed E-state index contributed by atoms with van der Waals surface area (Å²) in [5.74, 6) is -1.78. The summed E-state index contributed by atoms with van der Waals surface area (Å²) in [7, 11) is 1.47. The van der Waals surface area contributed by atoms with E-state index in [1.165, 1.54) is 7.11 Å². The van der Waals surface area contributed by atoms with Gasteiger partial charge in [-0.1, -0.05) is 33.6 Å². The van der Waals surface area contributed by atoms with Gasteiger partial charge < -0.3 is 10.1 Å². The van der Waals surface area contributed by atoms with Crippen LogP contribution in [-0.4, -0.2) is 32.1 Å². The molecule has 0 radical (unpaired) electrons. The second-order valence-electron chi connectivity index (χ2n) is 9.36. The molecule has 25 heavy (non-hydrogen) atoms. The van der Waals surface area contributed by atoms with Crippen molar-refractivity contribution in [1.82, 2.24) is 5.32 Å². The van der Waals surface area contributed by atoms with Crippen molar-refractivity contribution in [3.63, 3.8) is 0 Å². The largest absolute Gasteiger partial charge is 0.469 e. The highest BCUT2D eigenvalue weighted by Crippen LogP contribution is 2.43. The zero-order chi connectivity index (χ0) is 18.7. The SMILES string of the molecule is COC(=O)[C@@]1(CCCC2CCC(F)(F)CC2)CNC[C@H](C(C)(C)C)C1. The number of piperidine rings is 1. The van der Waals surface area contributed by atoms with Crippen molar-refractivity contribution in [3.05, 3.63) is 0 Å². The smallest absolute Gasteiger partial charge is 0.313 e. The van der Waals surface area contributed by atoms with Crippen molar-refractivity contribution in [2.24, 2.45) is 22.7 Å². The van der Waals surface area contributed by atoms with Crippen LogP contribution in [0.5, 0.6) is 0 Å². The van der Waals surface area contributed by atoms with E-state index in [0.29, 0.717) is 31.2 Å². The molecule has 5 heteroatoms. The normalized spacial score (nSPS) is 30.9. The van der Waals surface area contributed by atoms with Gasteiger partial charge in [0.05, 0.1) is 12.5 Å². The van der Waals surface area contributed by atoms with E-state index in [1.54, 1.807) is 0 Å². The first kappa shape index (κ1) is 20.6. The number of carbonyl (C=O) groups is 1. The number of esters is 1. The highest BCUT2D eigenvalue weighted by Gasteiger charge is 2.46. The first-order valence-corrected chi connectivity index (χ1v) is 9.75. The van der Waals surface area contributed by atoms with Crippen LogP contribution in [0, 0.1) is 22.7 Å². The summed E-state index contributed by atoms with van der Waals surface area (Å²) in [4.78, 5) is 12.6. The minimum absolute atomic E-state index is 0.0213. The molecular weight excluding hydrogens is 324 g/mol. The van der Waals surface area contributed by atoms with Gasteiger partial charge in [-0.25, -0.2) is 8.78 Å². The number of nitrogens with one attached hydrogen (secondary N) is 1. The number of carbonyl (C=O) groups excluding carboxylic acids is 1. The first-order valence-electron chi connectivity index (χ1n) is 9.75. The lowest BCUT2D eigenvalue weighted by atomic mass is 9.65. The molecule has 146 valence electrons. The summed E-state index contributed by atoms with van der Waals surface area (Å²) in [5, 5.41) is 3.45. The molecule has 0 aromatic rings. The summed E-state index contributed by atoms with van der Waals surface area (Å²) in [5.41, 5.74) is -0.328. The minimum atomic E-state index is -2.46. The third-order valence-electron chi connectivity index (χ3n) is 6.44. The van der Waals surface area contributed by atoms with Crippen LogP contribution >= 0.6 is 0 Å². The molecule has 0 aromatic heterocycles. The standard InChI is InChI=1S/C20H35F2NO2/c1-18(2,3)16-12-19(14-23-13-16,17(24)25-4)9-5-6-15-7-10-20(21,22)11-8-15/h15-16,23H,5-14H2,1-4H3/t16-,19-/m1/s1. The maximum atomic E-state index is 13.3. The Hall–Kier alpha value is -0.710. The van der Waals surface area contributed by atoms with E-state index >= 15 is 0 Å². The van der Waals surface area contributed by atoms with Gasteiger partial charge in [-0.15, -0.1) is 0 Å². The summed E-state index contributed by atoms with van der Waals surface area (Å²) in [6.07, 6.45) is 4.74. The van der Waals surface area contributed by atoms with Crippen LogP contribution in [-0.2, 0) is 9.53 Å². The number of methoxy groups -OCH3 is 1. The lowest BCUT2D eigenvalue weighted by Gasteiger charge is -2.44. The third kappa shape index (κ3) is 5.38. The Bertz CT molecular complexity index is 451. The van der Waals surface area contributed by atoms with E-state index < -0.39 is 11.3 Å². The van der Waals surface area contributed by atoms with Crippen LogP contribution in [0.15, 0.2) is 0 Å². The van der Waals surface area contributed by atoms with Gasteiger partial charge in [0.2, 0.25) is 5.92 Å². The fourth-order valence-corrected chi connectivity index (χ4v) is 4.50. The fraction of sp³-hybridized carbons (Fsp3) is 0.950. The van der Waals surface area contributed by atoms with Crippen molar-refractivity contribution in [3.8, 4) is 0 Å².